The van der Waals surface area contributed by atoms with Gasteiger partial charge >= 0.3 is 0 Å². The fraction of sp³-hybridized carbons (Fsp3) is 0.278. The van der Waals surface area contributed by atoms with Crippen LogP contribution in [0.4, 0.5) is 11.4 Å². The summed E-state index contributed by atoms with van der Waals surface area (Å²) in [6, 6.07) is 9.02. The van der Waals surface area contributed by atoms with Crippen molar-refractivity contribution in [3.63, 3.8) is 0 Å². The van der Waals surface area contributed by atoms with Crippen molar-refractivity contribution in [3.05, 3.63) is 47.5 Å². The van der Waals surface area contributed by atoms with E-state index in [9.17, 15) is 21.6 Å². The predicted octanol–water partition coefficient (Wildman–Crippen LogP) is 2.18. The highest BCUT2D eigenvalue weighted by Gasteiger charge is 2.37. The van der Waals surface area contributed by atoms with Crippen LogP contribution in [0.25, 0.3) is 0 Å². The molecule has 0 aromatic heterocycles. The van der Waals surface area contributed by atoms with Crippen molar-refractivity contribution in [1.82, 2.24) is 0 Å². The van der Waals surface area contributed by atoms with Crippen molar-refractivity contribution >= 4 is 37.3 Å². The summed E-state index contributed by atoms with van der Waals surface area (Å²) in [6.07, 6.45) is -0.142. The number of nitrogens with one attached hydrogen (secondary N) is 1. The van der Waals surface area contributed by atoms with Gasteiger partial charge in [0.25, 0.3) is 10.0 Å². The van der Waals surface area contributed by atoms with Gasteiger partial charge in [0.15, 0.2) is 0 Å². The van der Waals surface area contributed by atoms with Crippen LogP contribution in [0.1, 0.15) is 17.5 Å². The van der Waals surface area contributed by atoms with E-state index in [1.54, 1.807) is 19.1 Å². The number of carbonyl (C=O) groups is 1. The molecule has 2 aromatic rings. The van der Waals surface area contributed by atoms with E-state index in [0.717, 1.165) is 17.2 Å². The number of nitrogens with zero attached hydrogens (tertiary/aromatic N) is 1. The van der Waals surface area contributed by atoms with E-state index in [0.29, 0.717) is 9.99 Å². The van der Waals surface area contributed by atoms with E-state index in [1.165, 1.54) is 19.2 Å². The first-order valence-electron chi connectivity index (χ1n) is 8.40. The second-order valence-corrected chi connectivity index (χ2v) is 10.0. The van der Waals surface area contributed by atoms with Gasteiger partial charge in [-0.1, -0.05) is 12.1 Å². The summed E-state index contributed by atoms with van der Waals surface area (Å²) < 4.78 is 58.7. The zero-order chi connectivity index (χ0) is 20.7. The number of amides is 1. The molecule has 0 radical (unpaired) electrons. The van der Waals surface area contributed by atoms with Crippen molar-refractivity contribution in [2.75, 3.05) is 21.9 Å². The lowest BCUT2D eigenvalue weighted by atomic mass is 10.1. The summed E-state index contributed by atoms with van der Waals surface area (Å²) in [7, 11) is -6.62. The molecule has 0 unspecified atom stereocenters. The van der Waals surface area contributed by atoms with Gasteiger partial charge in [-0.25, -0.2) is 21.1 Å². The molecular formula is C18H20N2O6S2. The Kier molecular flexibility index (Phi) is 5.11. The van der Waals surface area contributed by atoms with Gasteiger partial charge in [0, 0.05) is 6.42 Å². The third-order valence-electron chi connectivity index (χ3n) is 4.60. The molecule has 1 aliphatic heterocycles. The minimum absolute atomic E-state index is 0.0330. The zero-order valence-electron chi connectivity index (χ0n) is 15.6. The van der Waals surface area contributed by atoms with Crippen LogP contribution in [0, 0.1) is 13.8 Å². The predicted molar refractivity (Wildman–Crippen MR) is 106 cm³/mol. The minimum Gasteiger partial charge on any atom is -0.495 e. The first kappa shape index (κ1) is 20.2. The zero-order valence-corrected chi connectivity index (χ0v) is 17.2. The maximum absolute atomic E-state index is 13.0. The average Bonchev–Trinajstić information content (AvgIpc) is 2.91. The summed E-state index contributed by atoms with van der Waals surface area (Å²) in [5, 5.41) is 0. The molecule has 150 valence electrons. The molecule has 2 aromatic carbocycles. The fourth-order valence-corrected chi connectivity index (χ4v) is 5.70. The number of rotatable bonds is 5. The van der Waals surface area contributed by atoms with Crippen molar-refractivity contribution in [3.8, 4) is 5.75 Å². The first-order chi connectivity index (χ1) is 13.1. The summed E-state index contributed by atoms with van der Waals surface area (Å²) in [5.74, 6) is -0.873. The molecule has 1 N–H and O–H groups in total. The average molecular weight is 425 g/mol. The number of sulfonamides is 2. The first-order valence-corrected chi connectivity index (χ1v) is 11.5. The molecule has 0 bridgehead atoms. The van der Waals surface area contributed by atoms with E-state index < -0.39 is 26.0 Å². The number of carbonyl (C=O) groups excluding carboxylic acids is 1. The quantitative estimate of drug-likeness (QED) is 0.788. The lowest BCUT2D eigenvalue weighted by Gasteiger charge is -2.18. The summed E-state index contributed by atoms with van der Waals surface area (Å²) >= 11 is 0. The van der Waals surface area contributed by atoms with Crippen molar-refractivity contribution in [2.24, 2.45) is 0 Å². The van der Waals surface area contributed by atoms with Gasteiger partial charge in [-0.15, -0.1) is 0 Å². The number of hydrogen-bond donors (Lipinski definition) is 1. The van der Waals surface area contributed by atoms with Crippen LogP contribution in [0.5, 0.6) is 5.75 Å². The van der Waals surface area contributed by atoms with Gasteiger partial charge in [-0.2, -0.15) is 0 Å². The summed E-state index contributed by atoms with van der Waals surface area (Å²) in [4.78, 5) is 11.8. The molecule has 0 atom stereocenters. The van der Waals surface area contributed by atoms with Crippen LogP contribution in [0.2, 0.25) is 0 Å². The lowest BCUT2D eigenvalue weighted by molar-refractivity contribution is -0.116. The van der Waals surface area contributed by atoms with E-state index in [2.05, 4.69) is 4.72 Å². The number of anilines is 2. The van der Waals surface area contributed by atoms with Gasteiger partial charge in [-0.05, 0) is 49.2 Å². The van der Waals surface area contributed by atoms with Gasteiger partial charge in [0.2, 0.25) is 15.9 Å². The molecule has 10 heteroatoms. The van der Waals surface area contributed by atoms with Crippen LogP contribution in [0.3, 0.4) is 0 Å². The third-order valence-corrected chi connectivity index (χ3v) is 7.68. The molecule has 0 saturated carbocycles. The molecule has 28 heavy (non-hydrogen) atoms. The standard InChI is InChI=1S/C18H20N2O6S2/c1-12-5-4-6-15(13(12)2)19-28(24,25)17-11-14(7-8-16(17)26-3)20-18(21)9-10-27(20,22)23/h4-8,11,19H,9-10H2,1-3H3. The van der Waals surface area contributed by atoms with Crippen LogP contribution in [-0.2, 0) is 24.8 Å². The summed E-state index contributed by atoms with van der Waals surface area (Å²) in [5.41, 5.74) is 2.04. The molecule has 1 aliphatic rings. The van der Waals surface area contributed by atoms with E-state index in [1.807, 2.05) is 13.0 Å². The fourth-order valence-electron chi connectivity index (χ4n) is 2.93. The number of hydrogen-bond acceptors (Lipinski definition) is 6. The molecular weight excluding hydrogens is 404 g/mol. The molecule has 8 nitrogen and oxygen atoms in total. The number of methoxy groups -OCH3 is 1. The highest BCUT2D eigenvalue weighted by Crippen LogP contribution is 2.34. The smallest absolute Gasteiger partial charge is 0.265 e. The Balaban J connectivity index is 2.09. The molecule has 1 fully saturated rings. The van der Waals surface area contributed by atoms with Crippen molar-refractivity contribution in [2.45, 2.75) is 25.2 Å². The van der Waals surface area contributed by atoms with Gasteiger partial charge < -0.3 is 4.74 Å². The molecule has 0 aliphatic carbocycles. The minimum atomic E-state index is -4.11. The van der Waals surface area contributed by atoms with Gasteiger partial charge in [0.05, 0.1) is 24.2 Å². The second-order valence-electron chi connectivity index (χ2n) is 6.41. The van der Waals surface area contributed by atoms with Crippen LogP contribution >= 0.6 is 0 Å². The van der Waals surface area contributed by atoms with Crippen LogP contribution in [0.15, 0.2) is 41.3 Å². The molecule has 0 spiro atoms. The van der Waals surface area contributed by atoms with Crippen molar-refractivity contribution in [1.29, 1.82) is 0 Å². The lowest BCUT2D eigenvalue weighted by Crippen LogP contribution is -2.29. The molecule has 1 saturated heterocycles. The SMILES string of the molecule is COc1ccc(N2C(=O)CCS2(=O)=O)cc1S(=O)(=O)Nc1cccc(C)c1C. The van der Waals surface area contributed by atoms with E-state index >= 15 is 0 Å². The normalized spacial score (nSPS) is 16.2. The summed E-state index contributed by atoms with van der Waals surface area (Å²) in [6.45, 7) is 3.65. The van der Waals surface area contributed by atoms with E-state index in [4.69, 9.17) is 4.74 Å². The maximum atomic E-state index is 13.0. The highest BCUT2D eigenvalue weighted by molar-refractivity contribution is 7.94. The van der Waals surface area contributed by atoms with Gasteiger partial charge in [0.1, 0.15) is 10.6 Å². The topological polar surface area (TPSA) is 110 Å². The Morgan fingerprint density at radius 1 is 1.14 bits per heavy atom. The number of ether oxygens (including phenoxy) is 1. The Hall–Kier alpha value is -2.59. The van der Waals surface area contributed by atoms with E-state index in [-0.39, 0.29) is 28.5 Å². The third kappa shape index (κ3) is 3.57. The number of aryl methyl sites for hydroxylation is 1. The Morgan fingerprint density at radius 3 is 2.46 bits per heavy atom. The largest absolute Gasteiger partial charge is 0.495 e. The number of benzene rings is 2. The Morgan fingerprint density at radius 2 is 1.86 bits per heavy atom. The molecule has 1 heterocycles. The Labute approximate surface area is 164 Å². The molecule has 3 rings (SSSR count). The maximum Gasteiger partial charge on any atom is 0.265 e. The van der Waals surface area contributed by atoms with Crippen LogP contribution < -0.4 is 13.8 Å². The van der Waals surface area contributed by atoms with Gasteiger partial charge in [-0.3, -0.25) is 9.52 Å². The Bertz CT molecular complexity index is 1160. The molecule has 1 amide bonds. The second kappa shape index (κ2) is 7.10. The monoisotopic (exact) mass is 424 g/mol. The van der Waals surface area contributed by atoms with Crippen LogP contribution in [-0.4, -0.2) is 35.6 Å². The van der Waals surface area contributed by atoms with Crippen molar-refractivity contribution < 1.29 is 26.4 Å². The highest BCUT2D eigenvalue weighted by atomic mass is 32.2.